The Morgan fingerprint density at radius 3 is 2.30 bits per heavy atom. The topological polar surface area (TPSA) is 84.9 Å². The van der Waals surface area contributed by atoms with Crippen molar-refractivity contribution in [3.63, 3.8) is 0 Å². The number of imide groups is 2. The number of hydrogen-bond donors (Lipinski definition) is 1. The Balaban J connectivity index is 1.67. The van der Waals surface area contributed by atoms with Crippen molar-refractivity contribution < 1.29 is 23.9 Å². The van der Waals surface area contributed by atoms with Crippen LogP contribution in [-0.2, 0) is 16.2 Å². The van der Waals surface area contributed by atoms with E-state index in [4.69, 9.17) is 21.1 Å². The fraction of sp³-hybridized carbons (Fsp3) is 0.179. The van der Waals surface area contributed by atoms with Crippen LogP contribution >= 0.6 is 27.5 Å². The second-order valence-electron chi connectivity index (χ2n) is 8.48. The number of nitrogens with zero attached hydrogens (tertiary/aromatic N) is 1. The largest absolute Gasteiger partial charge is 0.490 e. The molecule has 4 amide bonds. The molecule has 0 bridgehead atoms. The van der Waals surface area contributed by atoms with Gasteiger partial charge in [-0.05, 0) is 101 Å². The third-order valence-electron chi connectivity index (χ3n) is 5.51. The van der Waals surface area contributed by atoms with Gasteiger partial charge in [0.15, 0.2) is 11.5 Å². The third-order valence-corrected chi connectivity index (χ3v) is 6.35. The van der Waals surface area contributed by atoms with E-state index in [0.717, 1.165) is 21.6 Å². The van der Waals surface area contributed by atoms with Crippen molar-refractivity contribution >= 4 is 57.1 Å². The maximum absolute atomic E-state index is 13.3. The smallest absolute Gasteiger partial charge is 0.335 e. The molecule has 1 heterocycles. The highest BCUT2D eigenvalue weighted by molar-refractivity contribution is 9.10. The van der Waals surface area contributed by atoms with E-state index in [1.807, 2.05) is 39.0 Å². The van der Waals surface area contributed by atoms with Gasteiger partial charge in [-0.3, -0.25) is 14.9 Å². The van der Waals surface area contributed by atoms with Crippen LogP contribution in [0.1, 0.15) is 29.2 Å². The minimum atomic E-state index is -0.792. The van der Waals surface area contributed by atoms with Crippen LogP contribution in [-0.4, -0.2) is 24.5 Å². The van der Waals surface area contributed by atoms with Crippen LogP contribution in [0.4, 0.5) is 10.5 Å². The number of halogens is 2. The Labute approximate surface area is 228 Å². The molecule has 0 spiro atoms. The highest BCUT2D eigenvalue weighted by Gasteiger charge is 2.37. The highest BCUT2D eigenvalue weighted by Crippen LogP contribution is 2.38. The number of carbonyl (C=O) groups excluding carboxylic acids is 3. The van der Waals surface area contributed by atoms with E-state index < -0.39 is 17.8 Å². The molecular formula is C28H24BrClN2O5. The fourth-order valence-corrected chi connectivity index (χ4v) is 4.65. The van der Waals surface area contributed by atoms with E-state index in [2.05, 4.69) is 21.2 Å². The number of urea groups is 1. The van der Waals surface area contributed by atoms with Crippen LogP contribution in [0.2, 0.25) is 5.02 Å². The van der Waals surface area contributed by atoms with Crippen molar-refractivity contribution in [1.82, 2.24) is 5.32 Å². The molecule has 1 saturated heterocycles. The first kappa shape index (κ1) is 26.4. The van der Waals surface area contributed by atoms with Gasteiger partial charge in [-0.25, -0.2) is 9.69 Å². The minimum absolute atomic E-state index is 0.178. The number of aryl methyl sites for hydroxylation is 2. The van der Waals surface area contributed by atoms with Crippen LogP contribution in [0, 0.1) is 13.8 Å². The Bertz CT molecular complexity index is 1400. The summed E-state index contributed by atoms with van der Waals surface area (Å²) < 4.78 is 12.4. The van der Waals surface area contributed by atoms with Crippen LogP contribution < -0.4 is 19.7 Å². The molecule has 7 nitrogen and oxygen atoms in total. The molecule has 1 aliphatic rings. The lowest BCUT2D eigenvalue weighted by atomic mass is 10.0. The Morgan fingerprint density at radius 1 is 0.973 bits per heavy atom. The van der Waals surface area contributed by atoms with Crippen molar-refractivity contribution in [2.75, 3.05) is 11.5 Å². The van der Waals surface area contributed by atoms with Gasteiger partial charge in [0, 0.05) is 5.02 Å². The number of benzene rings is 3. The quantitative estimate of drug-likeness (QED) is 0.258. The second kappa shape index (κ2) is 11.2. The van der Waals surface area contributed by atoms with Crippen molar-refractivity contribution in [3.8, 4) is 11.5 Å². The lowest BCUT2D eigenvalue weighted by molar-refractivity contribution is -0.122. The Kier molecular flexibility index (Phi) is 8.00. The van der Waals surface area contributed by atoms with Gasteiger partial charge in [-0.15, -0.1) is 0 Å². The van der Waals surface area contributed by atoms with E-state index in [0.29, 0.717) is 38.9 Å². The summed E-state index contributed by atoms with van der Waals surface area (Å²) in [6, 6.07) is 15.3. The van der Waals surface area contributed by atoms with E-state index in [1.54, 1.807) is 36.4 Å². The molecule has 0 atom stereocenters. The molecule has 1 N–H and O–H groups in total. The number of rotatable bonds is 7. The standard InChI is InChI=1S/C28H24BrClN2O5/c1-4-36-24-14-19(13-23(29)25(24)37-15-18-5-7-20(30)8-6-18)12-22-26(33)31-28(35)32(27(22)34)21-10-16(2)9-17(3)11-21/h5-14H,4,15H2,1-3H3,(H,31,33,35)/b22-12+. The van der Waals surface area contributed by atoms with Crippen LogP contribution in [0.25, 0.3) is 6.08 Å². The fourth-order valence-electron chi connectivity index (χ4n) is 3.95. The third kappa shape index (κ3) is 6.03. The number of amides is 4. The summed E-state index contributed by atoms with van der Waals surface area (Å²) in [6.07, 6.45) is 1.43. The zero-order valence-corrected chi connectivity index (χ0v) is 22.8. The molecule has 9 heteroatoms. The number of nitrogens with one attached hydrogen (secondary N) is 1. The monoisotopic (exact) mass is 582 g/mol. The second-order valence-corrected chi connectivity index (χ2v) is 9.77. The summed E-state index contributed by atoms with van der Waals surface area (Å²) >= 11 is 9.47. The maximum atomic E-state index is 13.3. The average molecular weight is 584 g/mol. The molecular weight excluding hydrogens is 560 g/mol. The SMILES string of the molecule is CCOc1cc(/C=C2\C(=O)NC(=O)N(c3cc(C)cc(C)c3)C2=O)cc(Br)c1OCc1ccc(Cl)cc1. The van der Waals surface area contributed by atoms with Crippen LogP contribution in [0.5, 0.6) is 11.5 Å². The van der Waals surface area contributed by atoms with Crippen LogP contribution in [0.15, 0.2) is 64.6 Å². The average Bonchev–Trinajstić information content (AvgIpc) is 2.82. The summed E-state index contributed by atoms with van der Waals surface area (Å²) in [7, 11) is 0. The van der Waals surface area contributed by atoms with Crippen molar-refractivity contribution in [2.45, 2.75) is 27.4 Å². The molecule has 0 radical (unpaired) electrons. The summed E-state index contributed by atoms with van der Waals surface area (Å²) in [5.74, 6) is -0.572. The summed E-state index contributed by atoms with van der Waals surface area (Å²) in [5, 5.41) is 2.89. The summed E-state index contributed by atoms with van der Waals surface area (Å²) in [4.78, 5) is 39.5. The first-order valence-electron chi connectivity index (χ1n) is 11.5. The Morgan fingerprint density at radius 2 is 1.65 bits per heavy atom. The lowest BCUT2D eigenvalue weighted by Gasteiger charge is -2.27. The first-order chi connectivity index (χ1) is 17.7. The molecule has 1 fully saturated rings. The molecule has 3 aromatic rings. The number of barbiturate groups is 1. The molecule has 0 aromatic heterocycles. The van der Waals surface area contributed by atoms with Crippen molar-refractivity contribution in [3.05, 3.63) is 91.9 Å². The summed E-state index contributed by atoms with van der Waals surface area (Å²) in [6.45, 7) is 6.23. The van der Waals surface area contributed by atoms with Crippen LogP contribution in [0.3, 0.4) is 0 Å². The minimum Gasteiger partial charge on any atom is -0.490 e. The maximum Gasteiger partial charge on any atom is 0.335 e. The molecule has 3 aromatic carbocycles. The van der Waals surface area contributed by atoms with Gasteiger partial charge < -0.3 is 9.47 Å². The highest BCUT2D eigenvalue weighted by atomic mass is 79.9. The zero-order valence-electron chi connectivity index (χ0n) is 20.4. The van der Waals surface area contributed by atoms with E-state index in [9.17, 15) is 14.4 Å². The predicted molar refractivity (Wildman–Crippen MR) is 146 cm³/mol. The van der Waals surface area contributed by atoms with Gasteiger partial charge in [0.05, 0.1) is 16.8 Å². The Hall–Kier alpha value is -3.62. The van der Waals surface area contributed by atoms with Gasteiger partial charge in [0.2, 0.25) is 0 Å². The molecule has 4 rings (SSSR count). The number of hydrogen-bond acceptors (Lipinski definition) is 5. The number of anilines is 1. The van der Waals surface area contributed by atoms with Gasteiger partial charge in [0.1, 0.15) is 12.2 Å². The molecule has 0 saturated carbocycles. The van der Waals surface area contributed by atoms with Gasteiger partial charge >= 0.3 is 6.03 Å². The lowest BCUT2D eigenvalue weighted by Crippen LogP contribution is -2.54. The first-order valence-corrected chi connectivity index (χ1v) is 12.7. The number of carbonyl (C=O) groups is 3. The van der Waals surface area contributed by atoms with E-state index in [1.165, 1.54) is 6.08 Å². The molecule has 1 aliphatic heterocycles. The molecule has 190 valence electrons. The van der Waals surface area contributed by atoms with Gasteiger partial charge in [-0.2, -0.15) is 0 Å². The van der Waals surface area contributed by atoms with E-state index in [-0.39, 0.29) is 12.2 Å². The van der Waals surface area contributed by atoms with Crippen molar-refractivity contribution in [1.29, 1.82) is 0 Å². The zero-order chi connectivity index (χ0) is 26.7. The molecule has 37 heavy (non-hydrogen) atoms. The normalized spacial score (nSPS) is 14.7. The number of ether oxygens (including phenoxy) is 2. The van der Waals surface area contributed by atoms with Gasteiger partial charge in [0.25, 0.3) is 11.8 Å². The predicted octanol–water partition coefficient (Wildman–Crippen LogP) is 6.36. The molecule has 0 aliphatic carbocycles. The van der Waals surface area contributed by atoms with Crippen molar-refractivity contribution in [2.24, 2.45) is 0 Å². The molecule has 0 unspecified atom stereocenters. The summed E-state index contributed by atoms with van der Waals surface area (Å²) in [5.41, 5.74) is 3.42. The van der Waals surface area contributed by atoms with E-state index >= 15 is 0 Å². The van der Waals surface area contributed by atoms with Gasteiger partial charge in [-0.1, -0.05) is 29.8 Å².